The molecule has 0 bridgehead atoms. The number of nitrogens with zero attached hydrogens (tertiary/aromatic N) is 4. The third-order valence-electron chi connectivity index (χ3n) is 3.41. The van der Waals surface area contributed by atoms with Crippen molar-refractivity contribution in [1.29, 1.82) is 0 Å². The highest BCUT2D eigenvalue weighted by Crippen LogP contribution is 2.28. The maximum atomic E-state index is 6.05. The normalized spacial score (nSPS) is 11.2. The van der Waals surface area contributed by atoms with Gasteiger partial charge in [0.05, 0.1) is 5.56 Å². The van der Waals surface area contributed by atoms with E-state index in [-0.39, 0.29) is 0 Å². The highest BCUT2D eigenvalue weighted by atomic mass is 35.5. The first-order valence-electron chi connectivity index (χ1n) is 7.09. The van der Waals surface area contributed by atoms with Crippen molar-refractivity contribution >= 4 is 22.7 Å². The molecule has 0 fully saturated rings. The molecule has 6 nitrogen and oxygen atoms in total. The molecule has 0 saturated carbocycles. The lowest BCUT2D eigenvalue weighted by molar-refractivity contribution is 0.432. The van der Waals surface area contributed by atoms with E-state index in [1.54, 1.807) is 18.3 Å². The average molecular weight is 327 g/mol. The van der Waals surface area contributed by atoms with Crippen LogP contribution in [0.3, 0.4) is 0 Å². The van der Waals surface area contributed by atoms with E-state index in [2.05, 4.69) is 20.1 Å². The smallest absolute Gasteiger partial charge is 0.261 e. The molecule has 1 aromatic carbocycles. The molecule has 23 heavy (non-hydrogen) atoms. The fourth-order valence-corrected chi connectivity index (χ4v) is 2.46. The Morgan fingerprint density at radius 3 is 2.91 bits per heavy atom. The Balaban J connectivity index is 1.75. The lowest BCUT2D eigenvalue weighted by atomic mass is 10.2. The lowest BCUT2D eigenvalue weighted by Gasteiger charge is -1.95. The maximum absolute atomic E-state index is 6.05. The third-order valence-corrected chi connectivity index (χ3v) is 3.71. The summed E-state index contributed by atoms with van der Waals surface area (Å²) in [6, 6.07) is 9.13. The minimum atomic E-state index is 0.322. The molecule has 114 valence electrons. The topological polar surface area (TPSA) is 77.8 Å². The molecule has 4 rings (SSSR count). The molecule has 0 spiro atoms. The molecule has 3 heterocycles. The summed E-state index contributed by atoms with van der Waals surface area (Å²) in [5.74, 6) is 1.49. The highest BCUT2D eigenvalue weighted by Gasteiger charge is 2.15. The zero-order valence-electron chi connectivity index (χ0n) is 12.2. The molecule has 0 N–H and O–H groups in total. The highest BCUT2D eigenvalue weighted by molar-refractivity contribution is 6.31. The van der Waals surface area contributed by atoms with E-state index in [4.69, 9.17) is 20.5 Å². The van der Waals surface area contributed by atoms with Crippen LogP contribution in [0.15, 0.2) is 45.5 Å². The van der Waals surface area contributed by atoms with Gasteiger partial charge in [-0.15, -0.1) is 0 Å². The van der Waals surface area contributed by atoms with Gasteiger partial charge in [-0.25, -0.2) is 9.97 Å². The molecule has 0 aliphatic rings. The minimum absolute atomic E-state index is 0.322. The van der Waals surface area contributed by atoms with Crippen molar-refractivity contribution in [2.24, 2.45) is 0 Å². The molecule has 7 heteroatoms. The second kappa shape index (κ2) is 5.48. The zero-order valence-corrected chi connectivity index (χ0v) is 12.9. The van der Waals surface area contributed by atoms with Gasteiger partial charge >= 0.3 is 0 Å². The van der Waals surface area contributed by atoms with Crippen molar-refractivity contribution in [3.05, 3.63) is 47.6 Å². The van der Waals surface area contributed by atoms with Crippen molar-refractivity contribution in [3.8, 4) is 22.8 Å². The minimum Gasteiger partial charge on any atom is -0.441 e. The predicted molar refractivity (Wildman–Crippen MR) is 84.9 cm³/mol. The zero-order chi connectivity index (χ0) is 15.8. The SMILES string of the molecule is CCc1nc2cc(-c3noc(-c4cccnc4Cl)n3)ccc2o1. The van der Waals surface area contributed by atoms with Crippen molar-refractivity contribution in [3.63, 3.8) is 0 Å². The molecular weight excluding hydrogens is 316 g/mol. The summed E-state index contributed by atoms with van der Waals surface area (Å²) in [5, 5.41) is 4.33. The number of benzene rings is 1. The first-order chi connectivity index (χ1) is 11.2. The van der Waals surface area contributed by atoms with Gasteiger partial charge in [-0.05, 0) is 30.3 Å². The Bertz CT molecular complexity index is 993. The number of fused-ring (bicyclic) bond motifs is 1. The molecule has 0 unspecified atom stereocenters. The van der Waals surface area contributed by atoms with Crippen LogP contribution in [-0.4, -0.2) is 20.1 Å². The summed E-state index contributed by atoms with van der Waals surface area (Å²) in [6.07, 6.45) is 2.35. The fourth-order valence-electron chi connectivity index (χ4n) is 2.26. The van der Waals surface area contributed by atoms with Gasteiger partial charge in [0.2, 0.25) is 5.82 Å². The van der Waals surface area contributed by atoms with Crippen molar-refractivity contribution in [2.75, 3.05) is 0 Å². The Morgan fingerprint density at radius 2 is 2.09 bits per heavy atom. The first-order valence-corrected chi connectivity index (χ1v) is 7.47. The van der Waals surface area contributed by atoms with Gasteiger partial charge in [0, 0.05) is 18.2 Å². The van der Waals surface area contributed by atoms with Gasteiger partial charge in [-0.3, -0.25) is 0 Å². The van der Waals surface area contributed by atoms with E-state index in [1.807, 2.05) is 25.1 Å². The van der Waals surface area contributed by atoms with E-state index >= 15 is 0 Å². The van der Waals surface area contributed by atoms with Crippen LogP contribution in [0.25, 0.3) is 33.9 Å². The van der Waals surface area contributed by atoms with E-state index in [0.717, 1.165) is 23.1 Å². The molecule has 0 aliphatic heterocycles. The first kappa shape index (κ1) is 13.9. The molecule has 3 aromatic heterocycles. The van der Waals surface area contributed by atoms with Crippen LogP contribution < -0.4 is 0 Å². The van der Waals surface area contributed by atoms with Gasteiger partial charge in [-0.2, -0.15) is 4.98 Å². The Labute approximate surface area is 136 Å². The van der Waals surface area contributed by atoms with Gasteiger partial charge in [0.15, 0.2) is 11.5 Å². The summed E-state index contributed by atoms with van der Waals surface area (Å²) in [6.45, 7) is 1.99. The summed E-state index contributed by atoms with van der Waals surface area (Å²) < 4.78 is 10.9. The molecule has 0 aliphatic carbocycles. The molecule has 0 amide bonds. The van der Waals surface area contributed by atoms with Crippen LogP contribution in [0, 0.1) is 0 Å². The van der Waals surface area contributed by atoms with Gasteiger partial charge in [0.1, 0.15) is 10.7 Å². The summed E-state index contributed by atoms with van der Waals surface area (Å²) >= 11 is 6.05. The second-order valence-corrected chi connectivity index (χ2v) is 5.27. The van der Waals surface area contributed by atoms with E-state index < -0.39 is 0 Å². The number of aromatic nitrogens is 4. The molecule has 0 atom stereocenters. The number of hydrogen-bond acceptors (Lipinski definition) is 6. The molecule has 4 aromatic rings. The van der Waals surface area contributed by atoms with Crippen molar-refractivity contribution in [1.82, 2.24) is 20.1 Å². The summed E-state index contributed by atoms with van der Waals surface area (Å²) in [5.41, 5.74) is 2.90. The fraction of sp³-hybridized carbons (Fsp3) is 0.125. The number of oxazole rings is 1. The van der Waals surface area contributed by atoms with Crippen LogP contribution in [0.2, 0.25) is 5.15 Å². The number of pyridine rings is 1. The van der Waals surface area contributed by atoms with E-state index in [1.165, 1.54) is 0 Å². The third kappa shape index (κ3) is 2.47. The molecular formula is C16H11ClN4O2. The number of rotatable bonds is 3. The van der Waals surface area contributed by atoms with Gasteiger partial charge in [0.25, 0.3) is 5.89 Å². The van der Waals surface area contributed by atoms with Crippen LogP contribution in [0.4, 0.5) is 0 Å². The number of halogens is 1. The van der Waals surface area contributed by atoms with Crippen LogP contribution in [0.5, 0.6) is 0 Å². The Hall–Kier alpha value is -2.73. The van der Waals surface area contributed by atoms with Crippen LogP contribution in [0.1, 0.15) is 12.8 Å². The number of aryl methyl sites for hydroxylation is 1. The molecule has 0 radical (unpaired) electrons. The largest absolute Gasteiger partial charge is 0.441 e. The average Bonchev–Trinajstić information content (AvgIpc) is 3.21. The summed E-state index contributed by atoms with van der Waals surface area (Å²) in [4.78, 5) is 12.8. The van der Waals surface area contributed by atoms with Gasteiger partial charge in [-0.1, -0.05) is 23.7 Å². The molecule has 0 saturated heterocycles. The Kier molecular flexibility index (Phi) is 3.31. The quantitative estimate of drug-likeness (QED) is 0.526. The van der Waals surface area contributed by atoms with E-state index in [9.17, 15) is 0 Å². The monoisotopic (exact) mass is 326 g/mol. The lowest BCUT2D eigenvalue weighted by Crippen LogP contribution is -1.84. The standard InChI is InChI=1S/C16H11ClN4O2/c1-2-13-19-11-8-9(5-6-12(11)22-13)15-20-16(23-21-15)10-4-3-7-18-14(10)17/h3-8H,2H2,1H3. The van der Waals surface area contributed by atoms with E-state index in [0.29, 0.717) is 28.3 Å². The van der Waals surface area contributed by atoms with Gasteiger partial charge < -0.3 is 8.94 Å². The Morgan fingerprint density at radius 1 is 1.17 bits per heavy atom. The maximum Gasteiger partial charge on any atom is 0.261 e. The van der Waals surface area contributed by atoms with Crippen LogP contribution >= 0.6 is 11.6 Å². The summed E-state index contributed by atoms with van der Waals surface area (Å²) in [7, 11) is 0. The van der Waals surface area contributed by atoms with Crippen molar-refractivity contribution in [2.45, 2.75) is 13.3 Å². The van der Waals surface area contributed by atoms with Crippen molar-refractivity contribution < 1.29 is 8.94 Å². The second-order valence-electron chi connectivity index (χ2n) is 4.91. The number of hydrogen-bond donors (Lipinski definition) is 0. The van der Waals surface area contributed by atoms with Crippen LogP contribution in [-0.2, 0) is 6.42 Å². The predicted octanol–water partition coefficient (Wildman–Crippen LogP) is 4.16.